The van der Waals surface area contributed by atoms with Gasteiger partial charge in [0.15, 0.2) is 0 Å². The van der Waals surface area contributed by atoms with Crippen molar-refractivity contribution in [3.8, 4) is 0 Å². The van der Waals surface area contributed by atoms with Gasteiger partial charge in [-0.15, -0.1) is 0 Å². The molecule has 0 aromatic rings. The van der Waals surface area contributed by atoms with Crippen LogP contribution in [-0.2, 0) is 4.74 Å². The van der Waals surface area contributed by atoms with E-state index in [-0.39, 0.29) is 12.6 Å². The van der Waals surface area contributed by atoms with E-state index in [1.165, 1.54) is 0 Å². The molecule has 0 bridgehead atoms. The van der Waals surface area contributed by atoms with Crippen molar-refractivity contribution in [2.75, 3.05) is 6.61 Å². The van der Waals surface area contributed by atoms with Crippen LogP contribution < -0.4 is 5.73 Å². The van der Waals surface area contributed by atoms with E-state index in [2.05, 4.69) is 4.74 Å². The summed E-state index contributed by atoms with van der Waals surface area (Å²) in [6, 6.07) is -0.0660. The zero-order chi connectivity index (χ0) is 7.28. The Kier molecular flexibility index (Phi) is 4.53. The molecule has 9 heavy (non-hydrogen) atoms. The predicted octanol–water partition coefficient (Wildman–Crippen LogP) is 0.963. The lowest BCUT2D eigenvalue weighted by Gasteiger charge is -2.03. The minimum absolute atomic E-state index is 0.0370. The largest absolute Gasteiger partial charge is 0.345 e. The number of ether oxygens (including phenoxy) is 1. The topological polar surface area (TPSA) is 35.2 Å². The average Bonchev–Trinajstić information content (AvgIpc) is 1.63. The van der Waals surface area contributed by atoms with Crippen molar-refractivity contribution in [1.29, 1.82) is 0 Å². The second kappa shape index (κ2) is 4.64. The Morgan fingerprint density at radius 3 is 2.44 bits per heavy atom. The lowest BCUT2D eigenvalue weighted by atomic mass is 10.3. The molecule has 4 heteroatoms. The van der Waals surface area contributed by atoms with Gasteiger partial charge in [-0.25, -0.2) is 0 Å². The lowest BCUT2D eigenvalue weighted by molar-refractivity contribution is -0.129. The normalized spacial score (nSPS) is 14.3. The lowest BCUT2D eigenvalue weighted by Crippen LogP contribution is -2.18. The summed E-state index contributed by atoms with van der Waals surface area (Å²) < 4.78 is 26.4. The first-order valence-electron chi connectivity index (χ1n) is 2.78. The SMILES string of the molecule is C[C@H](N)CCOC(F)F. The third-order valence-corrected chi connectivity index (χ3v) is 0.817. The van der Waals surface area contributed by atoms with Crippen LogP contribution in [0.15, 0.2) is 0 Å². The molecular formula is C5H11F2NO. The third-order valence-electron chi connectivity index (χ3n) is 0.817. The molecule has 56 valence electrons. The molecule has 0 amide bonds. The number of rotatable bonds is 4. The fourth-order valence-electron chi connectivity index (χ4n) is 0.343. The van der Waals surface area contributed by atoms with E-state index in [9.17, 15) is 8.78 Å². The summed E-state index contributed by atoms with van der Waals surface area (Å²) in [4.78, 5) is 0. The van der Waals surface area contributed by atoms with Crippen molar-refractivity contribution in [2.24, 2.45) is 5.73 Å². The van der Waals surface area contributed by atoms with Crippen molar-refractivity contribution >= 4 is 0 Å². The summed E-state index contributed by atoms with van der Waals surface area (Å²) >= 11 is 0. The van der Waals surface area contributed by atoms with Gasteiger partial charge in [-0.2, -0.15) is 8.78 Å². The Morgan fingerprint density at radius 2 is 2.11 bits per heavy atom. The Bertz CT molecular complexity index is 60.0. The Morgan fingerprint density at radius 1 is 1.56 bits per heavy atom. The quantitative estimate of drug-likeness (QED) is 0.629. The van der Waals surface area contributed by atoms with Gasteiger partial charge in [-0.05, 0) is 13.3 Å². The monoisotopic (exact) mass is 139 g/mol. The molecule has 0 heterocycles. The van der Waals surface area contributed by atoms with E-state index in [1.54, 1.807) is 6.92 Å². The van der Waals surface area contributed by atoms with Gasteiger partial charge in [0.2, 0.25) is 0 Å². The summed E-state index contributed by atoms with van der Waals surface area (Å²) in [6.45, 7) is -0.881. The van der Waals surface area contributed by atoms with Crippen LogP contribution in [0.1, 0.15) is 13.3 Å². The van der Waals surface area contributed by atoms with E-state index in [0.29, 0.717) is 6.42 Å². The van der Waals surface area contributed by atoms with E-state index in [1.807, 2.05) is 0 Å². The molecule has 0 aliphatic heterocycles. The van der Waals surface area contributed by atoms with Crippen LogP contribution >= 0.6 is 0 Å². The van der Waals surface area contributed by atoms with Crippen molar-refractivity contribution in [2.45, 2.75) is 26.0 Å². The van der Waals surface area contributed by atoms with Gasteiger partial charge in [-0.1, -0.05) is 0 Å². The summed E-state index contributed by atoms with van der Waals surface area (Å²) in [6.07, 6.45) is 0.477. The first-order chi connectivity index (χ1) is 4.13. The fourth-order valence-corrected chi connectivity index (χ4v) is 0.343. The molecule has 0 spiro atoms. The first kappa shape index (κ1) is 8.78. The van der Waals surface area contributed by atoms with Crippen molar-refractivity contribution in [1.82, 2.24) is 0 Å². The van der Waals surface area contributed by atoms with E-state index < -0.39 is 6.61 Å². The van der Waals surface area contributed by atoms with Gasteiger partial charge in [0.25, 0.3) is 0 Å². The molecule has 0 unspecified atom stereocenters. The zero-order valence-corrected chi connectivity index (χ0v) is 5.31. The molecule has 0 aliphatic rings. The molecule has 0 radical (unpaired) electrons. The maximum absolute atomic E-state index is 11.2. The highest BCUT2D eigenvalue weighted by atomic mass is 19.3. The number of hydrogen-bond donors (Lipinski definition) is 1. The molecule has 0 saturated carbocycles. The maximum Gasteiger partial charge on any atom is 0.345 e. The van der Waals surface area contributed by atoms with Gasteiger partial charge in [0, 0.05) is 6.04 Å². The second-order valence-electron chi connectivity index (χ2n) is 1.90. The highest BCUT2D eigenvalue weighted by Gasteiger charge is 2.01. The summed E-state index contributed by atoms with van der Waals surface area (Å²) in [7, 11) is 0. The highest BCUT2D eigenvalue weighted by molar-refractivity contribution is 4.49. The Balaban J connectivity index is 2.91. The molecule has 0 saturated heterocycles. The zero-order valence-electron chi connectivity index (χ0n) is 5.31. The number of alkyl halides is 2. The molecule has 0 fully saturated rings. The molecule has 0 aromatic carbocycles. The maximum atomic E-state index is 11.2. The van der Waals surface area contributed by atoms with Gasteiger partial charge >= 0.3 is 6.61 Å². The molecule has 0 rings (SSSR count). The van der Waals surface area contributed by atoms with Crippen LogP contribution in [0.4, 0.5) is 8.78 Å². The number of nitrogens with two attached hydrogens (primary N) is 1. The summed E-state index contributed by atoms with van der Waals surface area (Å²) in [5, 5.41) is 0. The summed E-state index contributed by atoms with van der Waals surface area (Å²) in [5.74, 6) is 0. The van der Waals surface area contributed by atoms with E-state index in [4.69, 9.17) is 5.73 Å². The minimum Gasteiger partial charge on any atom is -0.328 e. The van der Waals surface area contributed by atoms with Crippen LogP contribution in [0, 0.1) is 0 Å². The van der Waals surface area contributed by atoms with Crippen LogP contribution in [0.3, 0.4) is 0 Å². The van der Waals surface area contributed by atoms with Gasteiger partial charge in [-0.3, -0.25) is 0 Å². The van der Waals surface area contributed by atoms with Crippen molar-refractivity contribution in [3.05, 3.63) is 0 Å². The number of hydrogen-bond acceptors (Lipinski definition) is 2. The van der Waals surface area contributed by atoms with Crippen molar-refractivity contribution in [3.63, 3.8) is 0 Å². The van der Waals surface area contributed by atoms with Crippen LogP contribution in [0.2, 0.25) is 0 Å². The van der Waals surface area contributed by atoms with E-state index >= 15 is 0 Å². The average molecular weight is 139 g/mol. The molecular weight excluding hydrogens is 128 g/mol. The Hall–Kier alpha value is -0.220. The van der Waals surface area contributed by atoms with E-state index in [0.717, 1.165) is 0 Å². The van der Waals surface area contributed by atoms with Crippen LogP contribution in [-0.4, -0.2) is 19.3 Å². The number of halogens is 2. The molecule has 0 aromatic heterocycles. The minimum atomic E-state index is -2.66. The third kappa shape index (κ3) is 7.78. The van der Waals surface area contributed by atoms with Gasteiger partial charge in [0.1, 0.15) is 0 Å². The van der Waals surface area contributed by atoms with Crippen LogP contribution in [0.25, 0.3) is 0 Å². The fraction of sp³-hybridized carbons (Fsp3) is 1.00. The first-order valence-corrected chi connectivity index (χ1v) is 2.78. The standard InChI is InChI=1S/C5H11F2NO/c1-4(8)2-3-9-5(6)7/h4-5H,2-3,8H2,1H3/t4-/m0/s1. The molecule has 2 nitrogen and oxygen atoms in total. The molecule has 2 N–H and O–H groups in total. The molecule has 1 atom stereocenters. The molecule has 0 aliphatic carbocycles. The Labute approximate surface area is 53.0 Å². The van der Waals surface area contributed by atoms with Crippen LogP contribution in [0.5, 0.6) is 0 Å². The highest BCUT2D eigenvalue weighted by Crippen LogP contribution is 1.96. The smallest absolute Gasteiger partial charge is 0.328 e. The summed E-state index contributed by atoms with van der Waals surface area (Å²) in [5.41, 5.74) is 5.25. The van der Waals surface area contributed by atoms with Gasteiger partial charge in [0.05, 0.1) is 6.61 Å². The second-order valence-corrected chi connectivity index (χ2v) is 1.90. The predicted molar refractivity (Wildman–Crippen MR) is 30.2 cm³/mol. The van der Waals surface area contributed by atoms with Crippen molar-refractivity contribution < 1.29 is 13.5 Å². The van der Waals surface area contributed by atoms with Gasteiger partial charge < -0.3 is 10.5 Å².